The monoisotopic (exact) mass is 354 g/mol. The highest BCUT2D eigenvalue weighted by atomic mass is 35.5. The summed E-state index contributed by atoms with van der Waals surface area (Å²) in [7, 11) is 0. The zero-order valence-corrected chi connectivity index (χ0v) is 14.4. The van der Waals surface area contributed by atoms with E-state index in [0.29, 0.717) is 11.4 Å². The van der Waals surface area contributed by atoms with Gasteiger partial charge in [-0.3, -0.25) is 15.5 Å². The maximum atomic E-state index is 10.9. The lowest BCUT2D eigenvalue weighted by Crippen LogP contribution is -1.98. The Morgan fingerprint density at radius 3 is 2.76 bits per heavy atom. The summed E-state index contributed by atoms with van der Waals surface area (Å²) in [4.78, 5) is 15.0. The first-order valence-corrected chi connectivity index (χ1v) is 7.93. The zero-order valence-electron chi connectivity index (χ0n) is 13.7. The second kappa shape index (κ2) is 6.86. The van der Waals surface area contributed by atoms with E-state index in [1.807, 2.05) is 38.1 Å². The highest BCUT2D eigenvalue weighted by molar-refractivity contribution is 6.32. The van der Waals surface area contributed by atoms with Gasteiger partial charge in [0, 0.05) is 17.0 Å². The average Bonchev–Trinajstić information content (AvgIpc) is 2.57. The van der Waals surface area contributed by atoms with Crippen LogP contribution in [0.4, 0.5) is 11.5 Å². The Labute approximate surface area is 149 Å². The molecule has 0 atom stereocenters. The molecule has 0 spiro atoms. The van der Waals surface area contributed by atoms with Crippen molar-refractivity contribution in [1.29, 1.82) is 0 Å². The van der Waals surface area contributed by atoms with E-state index in [0.717, 1.165) is 22.0 Å². The molecule has 3 aromatic rings. The van der Waals surface area contributed by atoms with Crippen molar-refractivity contribution in [2.45, 2.75) is 13.8 Å². The van der Waals surface area contributed by atoms with E-state index in [4.69, 9.17) is 11.6 Å². The molecule has 0 radical (unpaired) electrons. The second-order valence-corrected chi connectivity index (χ2v) is 6.10. The lowest BCUT2D eigenvalue weighted by atomic mass is 10.1. The summed E-state index contributed by atoms with van der Waals surface area (Å²) in [5.41, 5.74) is 6.27. The molecule has 0 aliphatic carbocycles. The first kappa shape index (κ1) is 16.9. The van der Waals surface area contributed by atoms with Gasteiger partial charge >= 0.3 is 0 Å². The number of halogens is 1. The van der Waals surface area contributed by atoms with Gasteiger partial charge in [0.25, 0.3) is 5.69 Å². The third-order valence-electron chi connectivity index (χ3n) is 3.71. The van der Waals surface area contributed by atoms with Crippen LogP contribution in [0.2, 0.25) is 5.02 Å². The third kappa shape index (κ3) is 3.75. The molecule has 3 rings (SSSR count). The summed E-state index contributed by atoms with van der Waals surface area (Å²) < 4.78 is 0. The van der Waals surface area contributed by atoms with Gasteiger partial charge in [0.1, 0.15) is 10.8 Å². The summed E-state index contributed by atoms with van der Waals surface area (Å²) in [5, 5.41) is 16.2. The normalized spacial score (nSPS) is 11.2. The van der Waals surface area contributed by atoms with Crippen LogP contribution in [0.5, 0.6) is 0 Å². The van der Waals surface area contributed by atoms with Crippen molar-refractivity contribution < 1.29 is 4.92 Å². The minimum absolute atomic E-state index is 0.0949. The molecule has 0 bridgehead atoms. The van der Waals surface area contributed by atoms with Crippen molar-refractivity contribution in [3.8, 4) is 0 Å². The van der Waals surface area contributed by atoms with E-state index in [1.54, 1.807) is 6.07 Å². The molecular formula is C18H15ClN4O2. The van der Waals surface area contributed by atoms with E-state index in [9.17, 15) is 10.1 Å². The highest BCUT2D eigenvalue weighted by Crippen LogP contribution is 2.24. The molecule has 0 fully saturated rings. The molecule has 25 heavy (non-hydrogen) atoms. The molecule has 1 N–H and O–H groups in total. The fraction of sp³-hybridized carbons (Fsp3) is 0.111. The smallest absolute Gasteiger partial charge is 0.261 e. The molecule has 0 unspecified atom stereocenters. The number of benzene rings is 2. The molecule has 1 heterocycles. The van der Waals surface area contributed by atoms with Gasteiger partial charge in [-0.2, -0.15) is 5.10 Å². The highest BCUT2D eigenvalue weighted by Gasteiger charge is 2.11. The number of anilines is 1. The van der Waals surface area contributed by atoms with Gasteiger partial charge in [-0.25, -0.2) is 4.98 Å². The summed E-state index contributed by atoms with van der Waals surface area (Å²) in [6.07, 6.45) is 1.49. The van der Waals surface area contributed by atoms with Crippen LogP contribution in [0.3, 0.4) is 0 Å². The maximum absolute atomic E-state index is 10.9. The number of nitro groups is 1. The summed E-state index contributed by atoms with van der Waals surface area (Å²) >= 11 is 5.80. The average molecular weight is 355 g/mol. The van der Waals surface area contributed by atoms with E-state index in [2.05, 4.69) is 15.5 Å². The SMILES string of the molecule is Cc1ccc2cc(C)c(NN=Cc3ccc(Cl)c([N+](=O)[O-])c3)nc2c1. The number of hydrazone groups is 1. The van der Waals surface area contributed by atoms with Gasteiger partial charge < -0.3 is 0 Å². The predicted octanol–water partition coefficient (Wildman–Crippen LogP) is 4.86. The Balaban J connectivity index is 1.85. The van der Waals surface area contributed by atoms with Crippen LogP contribution in [-0.2, 0) is 0 Å². The number of nitrogens with zero attached hydrogens (tertiary/aromatic N) is 3. The van der Waals surface area contributed by atoms with Gasteiger partial charge in [-0.1, -0.05) is 29.8 Å². The minimum Gasteiger partial charge on any atom is -0.261 e. The van der Waals surface area contributed by atoms with Gasteiger partial charge in [-0.05, 0) is 43.2 Å². The van der Waals surface area contributed by atoms with Crippen molar-refractivity contribution in [3.05, 3.63) is 74.3 Å². The third-order valence-corrected chi connectivity index (χ3v) is 4.03. The molecule has 2 aromatic carbocycles. The number of nitrogens with one attached hydrogen (secondary N) is 1. The van der Waals surface area contributed by atoms with Crippen LogP contribution in [0, 0.1) is 24.0 Å². The summed E-state index contributed by atoms with van der Waals surface area (Å²) in [5.74, 6) is 0.637. The molecule has 6 nitrogen and oxygen atoms in total. The minimum atomic E-state index is -0.523. The number of aromatic nitrogens is 1. The Morgan fingerprint density at radius 1 is 1.20 bits per heavy atom. The fourth-order valence-corrected chi connectivity index (χ4v) is 2.60. The quantitative estimate of drug-likeness (QED) is 0.412. The molecule has 0 amide bonds. The molecule has 0 aliphatic rings. The van der Waals surface area contributed by atoms with Crippen molar-refractivity contribution in [2.24, 2.45) is 5.10 Å². The number of pyridine rings is 1. The van der Waals surface area contributed by atoms with E-state index in [-0.39, 0.29) is 10.7 Å². The number of hydrogen-bond acceptors (Lipinski definition) is 5. The van der Waals surface area contributed by atoms with Crippen molar-refractivity contribution >= 4 is 40.2 Å². The van der Waals surface area contributed by atoms with Gasteiger partial charge in [0.05, 0.1) is 16.7 Å². The van der Waals surface area contributed by atoms with Crippen LogP contribution >= 0.6 is 11.6 Å². The maximum Gasteiger partial charge on any atom is 0.288 e. The topological polar surface area (TPSA) is 80.4 Å². The van der Waals surface area contributed by atoms with Gasteiger partial charge in [-0.15, -0.1) is 0 Å². The van der Waals surface area contributed by atoms with E-state index >= 15 is 0 Å². The van der Waals surface area contributed by atoms with E-state index in [1.165, 1.54) is 18.3 Å². The Bertz CT molecular complexity index is 1000. The molecule has 0 saturated heterocycles. The molecule has 1 aromatic heterocycles. The van der Waals surface area contributed by atoms with E-state index < -0.39 is 4.92 Å². The Morgan fingerprint density at radius 2 is 2.00 bits per heavy atom. The van der Waals surface area contributed by atoms with Crippen LogP contribution < -0.4 is 5.43 Å². The first-order valence-electron chi connectivity index (χ1n) is 7.55. The fourth-order valence-electron chi connectivity index (χ4n) is 2.41. The first-order chi connectivity index (χ1) is 11.9. The van der Waals surface area contributed by atoms with Gasteiger partial charge in [0.2, 0.25) is 0 Å². The standard InChI is InChI=1S/C18H15ClN4O2/c1-11-3-5-14-8-12(2)18(21-16(14)7-11)22-20-10-13-4-6-15(19)17(9-13)23(24)25/h3-10H,1-2H3,(H,21,22). The lowest BCUT2D eigenvalue weighted by molar-refractivity contribution is -0.384. The second-order valence-electron chi connectivity index (χ2n) is 5.69. The van der Waals surface area contributed by atoms with Crippen LogP contribution in [0.1, 0.15) is 16.7 Å². The van der Waals surface area contributed by atoms with Crippen molar-refractivity contribution in [1.82, 2.24) is 4.98 Å². The van der Waals surface area contributed by atoms with Crippen LogP contribution in [0.15, 0.2) is 47.6 Å². The number of nitro benzene ring substituents is 1. The van der Waals surface area contributed by atoms with Crippen LogP contribution in [0.25, 0.3) is 10.9 Å². The largest absolute Gasteiger partial charge is 0.288 e. The van der Waals surface area contributed by atoms with Crippen LogP contribution in [-0.4, -0.2) is 16.1 Å². The Hall–Kier alpha value is -2.99. The lowest BCUT2D eigenvalue weighted by Gasteiger charge is -2.07. The molecule has 126 valence electrons. The van der Waals surface area contributed by atoms with Gasteiger partial charge in [0.15, 0.2) is 0 Å². The summed E-state index contributed by atoms with van der Waals surface area (Å²) in [6.45, 7) is 3.96. The Kier molecular flexibility index (Phi) is 4.63. The summed E-state index contributed by atoms with van der Waals surface area (Å²) in [6, 6.07) is 12.6. The number of aryl methyl sites for hydroxylation is 2. The molecule has 0 saturated carbocycles. The van der Waals surface area contributed by atoms with Crippen molar-refractivity contribution in [3.63, 3.8) is 0 Å². The molecule has 0 aliphatic heterocycles. The molecule has 7 heteroatoms. The number of hydrogen-bond donors (Lipinski definition) is 1. The number of fused-ring (bicyclic) bond motifs is 1. The number of rotatable bonds is 4. The van der Waals surface area contributed by atoms with Crippen molar-refractivity contribution in [2.75, 3.05) is 5.43 Å². The zero-order chi connectivity index (χ0) is 18.0. The molecular weight excluding hydrogens is 340 g/mol. The predicted molar refractivity (Wildman–Crippen MR) is 101 cm³/mol.